The summed E-state index contributed by atoms with van der Waals surface area (Å²) in [6.07, 6.45) is 2.66. The second-order valence-electron chi connectivity index (χ2n) is 4.82. The van der Waals surface area contributed by atoms with E-state index in [4.69, 9.17) is 16.7 Å². The first-order valence-electron chi connectivity index (χ1n) is 6.60. The van der Waals surface area contributed by atoms with Crippen LogP contribution in [-0.4, -0.2) is 30.8 Å². The van der Waals surface area contributed by atoms with Gasteiger partial charge in [0.25, 0.3) is 5.56 Å². The highest BCUT2D eigenvalue weighted by atomic mass is 35.5. The molecule has 0 radical (unpaired) electrons. The third-order valence-electron chi connectivity index (χ3n) is 3.28. The highest BCUT2D eigenvalue weighted by molar-refractivity contribution is 6.30. The van der Waals surface area contributed by atoms with E-state index >= 15 is 0 Å². The Hall–Kier alpha value is -2.93. The predicted octanol–water partition coefficient (Wildman–Crippen LogP) is 2.28. The monoisotopic (exact) mass is 330 g/mol. The summed E-state index contributed by atoms with van der Waals surface area (Å²) in [6, 6.07) is 6.15. The molecule has 0 aliphatic carbocycles. The SMILES string of the molecule is Cc1[nH]n(-c2ccc(C(=O)O)cn2)c(=O)c1-c1ccc(Cl)cn1. The van der Waals surface area contributed by atoms with Crippen LogP contribution in [0.3, 0.4) is 0 Å². The third-order valence-corrected chi connectivity index (χ3v) is 3.50. The number of hydrogen-bond donors (Lipinski definition) is 2. The highest BCUT2D eigenvalue weighted by Gasteiger charge is 2.16. The van der Waals surface area contributed by atoms with Crippen LogP contribution >= 0.6 is 11.6 Å². The van der Waals surface area contributed by atoms with Crippen molar-refractivity contribution >= 4 is 17.6 Å². The topological polar surface area (TPSA) is 101 Å². The van der Waals surface area contributed by atoms with Gasteiger partial charge in [-0.15, -0.1) is 0 Å². The zero-order chi connectivity index (χ0) is 16.6. The Morgan fingerprint density at radius 1 is 1.22 bits per heavy atom. The van der Waals surface area contributed by atoms with Crippen molar-refractivity contribution in [3.63, 3.8) is 0 Å². The van der Waals surface area contributed by atoms with Gasteiger partial charge in [0.2, 0.25) is 0 Å². The van der Waals surface area contributed by atoms with Crippen molar-refractivity contribution in [2.75, 3.05) is 0 Å². The maximum Gasteiger partial charge on any atom is 0.337 e. The second kappa shape index (κ2) is 5.69. The fraction of sp³-hybridized carbons (Fsp3) is 0.0667. The lowest BCUT2D eigenvalue weighted by molar-refractivity contribution is 0.0696. The zero-order valence-electron chi connectivity index (χ0n) is 11.9. The van der Waals surface area contributed by atoms with Gasteiger partial charge in [-0.3, -0.25) is 14.9 Å². The van der Waals surface area contributed by atoms with Crippen LogP contribution in [0.2, 0.25) is 5.02 Å². The summed E-state index contributed by atoms with van der Waals surface area (Å²) in [7, 11) is 0. The number of aromatic amines is 1. The van der Waals surface area contributed by atoms with Crippen molar-refractivity contribution in [1.29, 1.82) is 0 Å². The summed E-state index contributed by atoms with van der Waals surface area (Å²) in [6.45, 7) is 1.75. The number of carbonyl (C=O) groups is 1. The van der Waals surface area contributed by atoms with Gasteiger partial charge < -0.3 is 5.11 Å². The first-order chi connectivity index (χ1) is 11.0. The molecule has 0 fully saturated rings. The summed E-state index contributed by atoms with van der Waals surface area (Å²) in [5, 5.41) is 12.3. The van der Waals surface area contributed by atoms with E-state index in [0.717, 1.165) is 0 Å². The Morgan fingerprint density at radius 3 is 2.57 bits per heavy atom. The van der Waals surface area contributed by atoms with E-state index in [0.29, 0.717) is 27.8 Å². The number of carboxylic acid groups (broad SMARTS) is 1. The van der Waals surface area contributed by atoms with Crippen molar-refractivity contribution in [3.8, 4) is 17.1 Å². The van der Waals surface area contributed by atoms with Gasteiger partial charge in [0.15, 0.2) is 5.82 Å². The van der Waals surface area contributed by atoms with Crippen LogP contribution in [0.15, 0.2) is 41.5 Å². The Bertz CT molecular complexity index is 927. The molecule has 0 unspecified atom stereocenters. The van der Waals surface area contributed by atoms with E-state index in [1.54, 1.807) is 19.1 Å². The smallest absolute Gasteiger partial charge is 0.337 e. The van der Waals surface area contributed by atoms with Crippen LogP contribution in [0.25, 0.3) is 17.1 Å². The van der Waals surface area contributed by atoms with E-state index in [1.165, 1.54) is 29.2 Å². The van der Waals surface area contributed by atoms with E-state index < -0.39 is 5.97 Å². The molecule has 116 valence electrons. The van der Waals surface area contributed by atoms with Crippen LogP contribution < -0.4 is 5.56 Å². The molecule has 0 aliphatic rings. The summed E-state index contributed by atoms with van der Waals surface area (Å²) in [5.74, 6) is -0.784. The van der Waals surface area contributed by atoms with Gasteiger partial charge in [0.05, 0.1) is 21.8 Å². The number of nitrogens with zero attached hydrogens (tertiary/aromatic N) is 3. The molecule has 3 rings (SSSR count). The molecule has 2 N–H and O–H groups in total. The van der Waals surface area contributed by atoms with Crippen LogP contribution in [0.1, 0.15) is 16.1 Å². The molecule has 7 nitrogen and oxygen atoms in total. The van der Waals surface area contributed by atoms with Gasteiger partial charge in [-0.1, -0.05) is 11.6 Å². The molecule has 0 spiro atoms. The molecule has 3 aromatic heterocycles. The Kier molecular flexibility index (Phi) is 3.71. The summed E-state index contributed by atoms with van der Waals surface area (Å²) in [4.78, 5) is 31.6. The van der Waals surface area contributed by atoms with Crippen LogP contribution in [0, 0.1) is 6.92 Å². The molecule has 0 saturated heterocycles. The standard InChI is InChI=1S/C15H11ClN4O3/c1-8-13(11-4-3-10(16)7-17-11)14(21)20(19-8)12-5-2-9(6-18-12)15(22)23/h2-7,19H,1H3,(H,22,23). The molecule has 3 aromatic rings. The highest BCUT2D eigenvalue weighted by Crippen LogP contribution is 2.19. The zero-order valence-corrected chi connectivity index (χ0v) is 12.7. The largest absolute Gasteiger partial charge is 0.478 e. The van der Waals surface area contributed by atoms with Gasteiger partial charge in [-0.05, 0) is 31.2 Å². The van der Waals surface area contributed by atoms with Gasteiger partial charge in [0.1, 0.15) is 0 Å². The molecule has 0 atom stereocenters. The number of hydrogen-bond acceptors (Lipinski definition) is 4. The summed E-state index contributed by atoms with van der Waals surface area (Å²) in [5.41, 5.74) is 1.24. The molecular formula is C15H11ClN4O3. The Balaban J connectivity index is 2.09. The van der Waals surface area contributed by atoms with Crippen LogP contribution in [-0.2, 0) is 0 Å². The minimum Gasteiger partial charge on any atom is -0.478 e. The molecular weight excluding hydrogens is 320 g/mol. The number of halogens is 1. The molecule has 0 bridgehead atoms. The molecule has 0 saturated carbocycles. The maximum absolute atomic E-state index is 12.6. The number of H-pyrrole nitrogens is 1. The third kappa shape index (κ3) is 2.74. The van der Waals surface area contributed by atoms with E-state index in [2.05, 4.69) is 15.1 Å². The number of aromatic nitrogens is 4. The van der Waals surface area contributed by atoms with Crippen molar-refractivity contribution < 1.29 is 9.90 Å². The molecule has 8 heteroatoms. The van der Waals surface area contributed by atoms with Crippen molar-refractivity contribution in [2.45, 2.75) is 6.92 Å². The number of pyridine rings is 2. The van der Waals surface area contributed by atoms with Gasteiger partial charge >= 0.3 is 5.97 Å². The minimum absolute atomic E-state index is 0.0460. The fourth-order valence-electron chi connectivity index (χ4n) is 2.18. The van der Waals surface area contributed by atoms with Gasteiger partial charge in [-0.2, -0.15) is 0 Å². The quantitative estimate of drug-likeness (QED) is 0.767. The first kappa shape index (κ1) is 15.0. The van der Waals surface area contributed by atoms with E-state index in [9.17, 15) is 9.59 Å². The molecule has 23 heavy (non-hydrogen) atoms. The van der Waals surface area contributed by atoms with Crippen molar-refractivity contribution in [2.24, 2.45) is 0 Å². The summed E-state index contributed by atoms with van der Waals surface area (Å²) < 4.78 is 1.24. The lowest BCUT2D eigenvalue weighted by Gasteiger charge is -2.00. The van der Waals surface area contributed by atoms with Gasteiger partial charge in [0, 0.05) is 18.1 Å². The Labute approximate surface area is 135 Å². The molecule has 3 heterocycles. The van der Waals surface area contributed by atoms with Gasteiger partial charge in [-0.25, -0.2) is 14.5 Å². The maximum atomic E-state index is 12.6. The summed E-state index contributed by atoms with van der Waals surface area (Å²) >= 11 is 5.81. The lowest BCUT2D eigenvalue weighted by atomic mass is 10.2. The normalized spacial score (nSPS) is 10.7. The molecule has 0 aliphatic heterocycles. The number of carboxylic acids is 1. The fourth-order valence-corrected chi connectivity index (χ4v) is 2.29. The Morgan fingerprint density at radius 2 is 2.00 bits per heavy atom. The average Bonchev–Trinajstić information content (AvgIpc) is 2.83. The first-order valence-corrected chi connectivity index (χ1v) is 6.98. The van der Waals surface area contributed by atoms with E-state index in [-0.39, 0.29) is 11.1 Å². The number of aryl methyl sites for hydroxylation is 1. The average molecular weight is 331 g/mol. The van der Waals surface area contributed by atoms with Crippen LogP contribution in [0.5, 0.6) is 0 Å². The van der Waals surface area contributed by atoms with Crippen LogP contribution in [0.4, 0.5) is 0 Å². The lowest BCUT2D eigenvalue weighted by Crippen LogP contribution is -2.17. The van der Waals surface area contributed by atoms with Crippen molar-refractivity contribution in [1.82, 2.24) is 19.7 Å². The van der Waals surface area contributed by atoms with E-state index in [1.807, 2.05) is 0 Å². The second-order valence-corrected chi connectivity index (χ2v) is 5.26. The minimum atomic E-state index is -1.08. The number of aromatic carboxylic acids is 1. The number of nitrogens with one attached hydrogen (secondary N) is 1. The van der Waals surface area contributed by atoms with Crippen molar-refractivity contribution in [3.05, 3.63) is 63.3 Å². The molecule has 0 aromatic carbocycles. The number of rotatable bonds is 3. The molecule has 0 amide bonds. The predicted molar refractivity (Wildman–Crippen MR) is 84.1 cm³/mol.